The quantitative estimate of drug-likeness (QED) is 0.636. The van der Waals surface area contributed by atoms with Gasteiger partial charge in [0.25, 0.3) is 10.0 Å². The lowest BCUT2D eigenvalue weighted by Gasteiger charge is -2.13. The first-order valence-corrected chi connectivity index (χ1v) is 8.80. The highest BCUT2D eigenvalue weighted by molar-refractivity contribution is 9.10. The molecule has 0 aliphatic carbocycles. The van der Waals surface area contributed by atoms with Crippen LogP contribution in [0.4, 0.5) is 32.0 Å². The first-order chi connectivity index (χ1) is 11.8. The van der Waals surface area contributed by atoms with E-state index >= 15 is 0 Å². The van der Waals surface area contributed by atoms with Gasteiger partial charge in [-0.05, 0) is 42.5 Å². The Morgan fingerprint density at radius 3 is 2.00 bits per heavy atom. The van der Waals surface area contributed by atoms with Crippen LogP contribution in [0.15, 0.2) is 51.8 Å². The Morgan fingerprint density at radius 1 is 0.923 bits per heavy atom. The Hall–Kier alpha value is -1.95. The summed E-state index contributed by atoms with van der Waals surface area (Å²) in [6.07, 6.45) is -9.64. The molecule has 4 nitrogen and oxygen atoms in total. The van der Waals surface area contributed by atoms with Crippen LogP contribution in [0.25, 0.3) is 0 Å². The summed E-state index contributed by atoms with van der Waals surface area (Å²) in [5.41, 5.74) is -1.46. The Labute approximate surface area is 152 Å². The third-order valence-corrected chi connectivity index (χ3v) is 4.70. The third kappa shape index (κ3) is 5.53. The predicted octanol–water partition coefficient (Wildman–Crippen LogP) is 5.17. The van der Waals surface area contributed by atoms with E-state index in [0.29, 0.717) is 6.07 Å². The Morgan fingerprint density at radius 2 is 1.50 bits per heavy atom. The molecule has 0 saturated carbocycles. The maximum atomic E-state index is 12.8. The van der Waals surface area contributed by atoms with Crippen molar-refractivity contribution in [3.63, 3.8) is 0 Å². The second-order valence-corrected chi connectivity index (χ2v) is 7.45. The molecule has 0 amide bonds. The van der Waals surface area contributed by atoms with Crippen molar-refractivity contribution in [2.45, 2.75) is 17.4 Å². The van der Waals surface area contributed by atoms with E-state index in [1.54, 1.807) is 0 Å². The van der Waals surface area contributed by atoms with E-state index in [2.05, 4.69) is 20.7 Å². The molecule has 26 heavy (non-hydrogen) atoms. The number of nitrogens with one attached hydrogen (secondary N) is 1. The first kappa shape index (κ1) is 20.4. The van der Waals surface area contributed by atoms with Crippen molar-refractivity contribution in [2.24, 2.45) is 0 Å². The van der Waals surface area contributed by atoms with E-state index < -0.39 is 38.8 Å². The number of hydrogen-bond acceptors (Lipinski definition) is 3. The maximum absolute atomic E-state index is 12.8. The van der Waals surface area contributed by atoms with Gasteiger partial charge in [-0.25, -0.2) is 8.42 Å². The van der Waals surface area contributed by atoms with Gasteiger partial charge in [0.1, 0.15) is 5.75 Å². The molecule has 0 aliphatic rings. The molecule has 2 aromatic rings. The molecule has 0 heterocycles. The van der Waals surface area contributed by atoms with Crippen LogP contribution in [0.2, 0.25) is 0 Å². The van der Waals surface area contributed by atoms with Crippen LogP contribution in [0.3, 0.4) is 0 Å². The van der Waals surface area contributed by atoms with E-state index in [0.717, 1.165) is 36.4 Å². The van der Waals surface area contributed by atoms with Crippen LogP contribution in [-0.4, -0.2) is 14.8 Å². The van der Waals surface area contributed by atoms with Crippen LogP contribution >= 0.6 is 15.9 Å². The normalized spacial score (nSPS) is 12.7. The van der Waals surface area contributed by atoms with E-state index in [1.165, 1.54) is 0 Å². The number of alkyl halides is 6. The Kier molecular flexibility index (Phi) is 5.47. The molecule has 0 atom stereocenters. The van der Waals surface area contributed by atoms with Gasteiger partial charge < -0.3 is 4.74 Å². The third-order valence-electron chi connectivity index (χ3n) is 2.84. The molecule has 0 aromatic heterocycles. The number of halogens is 7. The minimum absolute atomic E-state index is 0.0149. The number of benzene rings is 2. The fraction of sp³-hybridized carbons (Fsp3) is 0.143. The van der Waals surface area contributed by atoms with Crippen LogP contribution in [0.5, 0.6) is 5.75 Å². The molecule has 0 spiro atoms. The Bertz CT molecular complexity index is 894. The van der Waals surface area contributed by atoms with Gasteiger partial charge in [0.05, 0.1) is 16.1 Å². The van der Waals surface area contributed by atoms with Crippen molar-refractivity contribution in [3.8, 4) is 5.75 Å². The molecule has 0 saturated heterocycles. The second-order valence-electron chi connectivity index (χ2n) is 4.85. The lowest BCUT2D eigenvalue weighted by molar-refractivity contribution is -0.274. The van der Waals surface area contributed by atoms with Crippen LogP contribution < -0.4 is 9.46 Å². The summed E-state index contributed by atoms with van der Waals surface area (Å²) in [6, 6.07) is 5.64. The SMILES string of the molecule is O=S(=O)(Nc1cc(Br)cc(C(F)(F)F)c1)c1ccc(OC(F)(F)F)cc1. The van der Waals surface area contributed by atoms with E-state index in [1.807, 2.05) is 4.72 Å². The molecule has 0 unspecified atom stereocenters. The summed E-state index contributed by atoms with van der Waals surface area (Å²) in [6.45, 7) is 0. The number of ether oxygens (including phenoxy) is 1. The van der Waals surface area contributed by atoms with E-state index in [4.69, 9.17) is 0 Å². The summed E-state index contributed by atoms with van der Waals surface area (Å²) >= 11 is 2.85. The molecule has 0 aliphatic heterocycles. The summed E-state index contributed by atoms with van der Waals surface area (Å²) in [5.74, 6) is -0.640. The molecule has 2 rings (SSSR count). The van der Waals surface area contributed by atoms with Crippen molar-refractivity contribution in [1.82, 2.24) is 0 Å². The number of rotatable bonds is 4. The average Bonchev–Trinajstić information content (AvgIpc) is 2.44. The molecule has 0 radical (unpaired) electrons. The minimum atomic E-state index is -4.94. The second kappa shape index (κ2) is 6.99. The lowest BCUT2D eigenvalue weighted by Crippen LogP contribution is -2.17. The molecule has 0 fully saturated rings. The first-order valence-electron chi connectivity index (χ1n) is 6.53. The van der Waals surface area contributed by atoms with Gasteiger partial charge in [-0.15, -0.1) is 13.2 Å². The molecule has 142 valence electrons. The maximum Gasteiger partial charge on any atom is 0.573 e. The van der Waals surface area contributed by atoms with Gasteiger partial charge in [-0.2, -0.15) is 13.2 Å². The van der Waals surface area contributed by atoms with Crippen molar-refractivity contribution in [2.75, 3.05) is 4.72 Å². The van der Waals surface area contributed by atoms with Gasteiger partial charge in [0, 0.05) is 4.47 Å². The highest BCUT2D eigenvalue weighted by Gasteiger charge is 2.32. The molecule has 12 heteroatoms. The highest BCUT2D eigenvalue weighted by atomic mass is 79.9. The zero-order valence-corrected chi connectivity index (χ0v) is 14.7. The standard InChI is InChI=1S/C14H8BrF6NO3S/c15-9-5-8(13(16,17)18)6-10(7-9)22-26(23,24)12-3-1-11(2-4-12)25-14(19,20)21/h1-7,22H. The van der Waals surface area contributed by atoms with Crippen molar-refractivity contribution in [1.29, 1.82) is 0 Å². The minimum Gasteiger partial charge on any atom is -0.406 e. The summed E-state index contributed by atoms with van der Waals surface area (Å²) in [4.78, 5) is -0.458. The summed E-state index contributed by atoms with van der Waals surface area (Å²) in [7, 11) is -4.33. The zero-order valence-electron chi connectivity index (χ0n) is 12.3. The predicted molar refractivity (Wildman–Crippen MR) is 83.1 cm³/mol. The largest absolute Gasteiger partial charge is 0.573 e. The van der Waals surface area contributed by atoms with Crippen molar-refractivity contribution >= 4 is 31.6 Å². The van der Waals surface area contributed by atoms with E-state index in [-0.39, 0.29) is 10.2 Å². The van der Waals surface area contributed by atoms with E-state index in [9.17, 15) is 34.8 Å². The van der Waals surface area contributed by atoms with Crippen LogP contribution in [0, 0.1) is 0 Å². The fourth-order valence-electron chi connectivity index (χ4n) is 1.85. The monoisotopic (exact) mass is 463 g/mol. The van der Waals surface area contributed by atoms with Gasteiger partial charge in [0.2, 0.25) is 0 Å². The number of hydrogen-bond donors (Lipinski definition) is 1. The van der Waals surface area contributed by atoms with Gasteiger partial charge in [0.15, 0.2) is 0 Å². The highest BCUT2D eigenvalue weighted by Crippen LogP contribution is 2.34. The van der Waals surface area contributed by atoms with Gasteiger partial charge in [-0.3, -0.25) is 4.72 Å². The number of anilines is 1. The van der Waals surface area contributed by atoms with Crippen LogP contribution in [-0.2, 0) is 16.2 Å². The molecule has 1 N–H and O–H groups in total. The van der Waals surface area contributed by atoms with Gasteiger partial charge >= 0.3 is 12.5 Å². The zero-order chi connectivity index (χ0) is 19.8. The molecule has 0 bridgehead atoms. The smallest absolute Gasteiger partial charge is 0.406 e. The van der Waals surface area contributed by atoms with Crippen molar-refractivity contribution < 1.29 is 39.5 Å². The van der Waals surface area contributed by atoms with Crippen molar-refractivity contribution in [3.05, 3.63) is 52.5 Å². The Balaban J connectivity index is 2.28. The molecular formula is C14H8BrF6NO3S. The lowest BCUT2D eigenvalue weighted by atomic mass is 10.2. The van der Waals surface area contributed by atoms with Crippen LogP contribution in [0.1, 0.15) is 5.56 Å². The topological polar surface area (TPSA) is 55.4 Å². The summed E-state index contributed by atoms with van der Waals surface area (Å²) in [5, 5.41) is 0. The average molecular weight is 464 g/mol. The molecular weight excluding hydrogens is 456 g/mol. The summed E-state index contributed by atoms with van der Waals surface area (Å²) < 4.78 is 105. The fourth-order valence-corrected chi connectivity index (χ4v) is 3.38. The van der Waals surface area contributed by atoms with Gasteiger partial charge in [-0.1, -0.05) is 15.9 Å². The number of sulfonamides is 1. The molecule has 2 aromatic carbocycles.